The summed E-state index contributed by atoms with van der Waals surface area (Å²) >= 11 is 3.07. The van der Waals surface area contributed by atoms with Crippen LogP contribution >= 0.6 is 15.9 Å². The summed E-state index contributed by atoms with van der Waals surface area (Å²) in [6.45, 7) is 0.446. The van der Waals surface area contributed by atoms with Crippen molar-refractivity contribution in [2.24, 2.45) is 5.92 Å². The van der Waals surface area contributed by atoms with Crippen molar-refractivity contribution in [2.45, 2.75) is 17.7 Å². The maximum atomic E-state index is 12.0. The van der Waals surface area contributed by atoms with Gasteiger partial charge in [-0.2, -0.15) is 0 Å². The zero-order valence-corrected chi connectivity index (χ0v) is 12.4. The molecule has 0 heterocycles. The van der Waals surface area contributed by atoms with Gasteiger partial charge in [-0.05, 0) is 52.9 Å². The fourth-order valence-electron chi connectivity index (χ4n) is 1.54. The highest BCUT2D eigenvalue weighted by molar-refractivity contribution is 9.10. The Bertz CT molecular complexity index is 592. The van der Waals surface area contributed by atoms with Gasteiger partial charge >= 0.3 is 5.97 Å². The average molecular weight is 349 g/mol. The second-order valence-corrected chi connectivity index (χ2v) is 7.28. The van der Waals surface area contributed by atoms with Crippen LogP contribution in [-0.4, -0.2) is 32.0 Å². The predicted octanol–water partition coefficient (Wildman–Crippen LogP) is 2.31. The van der Waals surface area contributed by atoms with Crippen LogP contribution in [0.15, 0.2) is 27.6 Å². The minimum Gasteiger partial charge on any atom is -0.478 e. The third-order valence-electron chi connectivity index (χ3n) is 2.82. The van der Waals surface area contributed by atoms with Gasteiger partial charge in [-0.25, -0.2) is 13.2 Å². The molecule has 1 fully saturated rings. The van der Waals surface area contributed by atoms with Crippen LogP contribution < -0.4 is 0 Å². The number of benzene rings is 1. The van der Waals surface area contributed by atoms with Crippen LogP contribution in [-0.2, 0) is 14.6 Å². The van der Waals surface area contributed by atoms with Crippen molar-refractivity contribution in [3.63, 3.8) is 0 Å². The van der Waals surface area contributed by atoms with Gasteiger partial charge in [0, 0.05) is 4.47 Å². The molecule has 1 N–H and O–H groups in total. The molecule has 1 saturated carbocycles. The highest BCUT2D eigenvalue weighted by atomic mass is 79.9. The van der Waals surface area contributed by atoms with Gasteiger partial charge in [0.1, 0.15) is 0 Å². The van der Waals surface area contributed by atoms with E-state index in [0.717, 1.165) is 18.9 Å². The Hall–Kier alpha value is -0.920. The van der Waals surface area contributed by atoms with Crippen molar-refractivity contribution < 1.29 is 23.1 Å². The Morgan fingerprint density at radius 1 is 1.42 bits per heavy atom. The van der Waals surface area contributed by atoms with Gasteiger partial charge in [-0.3, -0.25) is 0 Å². The lowest BCUT2D eigenvalue weighted by Crippen LogP contribution is -2.12. The van der Waals surface area contributed by atoms with E-state index in [1.807, 2.05) is 0 Å². The molecule has 2 rings (SSSR count). The van der Waals surface area contributed by atoms with Crippen LogP contribution in [0.25, 0.3) is 0 Å². The maximum absolute atomic E-state index is 12.0. The molecule has 0 atom stereocenters. The number of rotatable bonds is 6. The van der Waals surface area contributed by atoms with E-state index in [4.69, 9.17) is 9.84 Å². The molecule has 0 aliphatic heterocycles. The quantitative estimate of drug-likeness (QED) is 0.852. The van der Waals surface area contributed by atoms with Gasteiger partial charge in [0.15, 0.2) is 5.94 Å². The van der Waals surface area contributed by atoms with Crippen molar-refractivity contribution in [2.75, 3.05) is 12.5 Å². The Balaban J connectivity index is 2.14. The zero-order chi connectivity index (χ0) is 14.0. The first-order valence-electron chi connectivity index (χ1n) is 5.73. The molecular weight excluding hydrogens is 336 g/mol. The first-order valence-corrected chi connectivity index (χ1v) is 8.18. The molecule has 0 aromatic heterocycles. The van der Waals surface area contributed by atoms with Crippen molar-refractivity contribution in [1.82, 2.24) is 0 Å². The molecule has 19 heavy (non-hydrogen) atoms. The van der Waals surface area contributed by atoms with E-state index in [-0.39, 0.29) is 10.5 Å². The molecule has 0 unspecified atom stereocenters. The number of sulfone groups is 1. The fourth-order valence-corrected chi connectivity index (χ4v) is 2.98. The monoisotopic (exact) mass is 348 g/mol. The summed E-state index contributed by atoms with van der Waals surface area (Å²) in [5, 5.41) is 8.96. The van der Waals surface area contributed by atoms with Crippen LogP contribution in [0.1, 0.15) is 23.2 Å². The summed E-state index contributed by atoms with van der Waals surface area (Å²) in [5.41, 5.74) is -0.0803. The third-order valence-corrected chi connectivity index (χ3v) is 4.96. The number of carbonyl (C=O) groups is 1. The minimum atomic E-state index is -3.61. The third kappa shape index (κ3) is 3.77. The van der Waals surface area contributed by atoms with Gasteiger partial charge in [-0.15, -0.1) is 0 Å². The molecule has 0 saturated heterocycles. The van der Waals surface area contributed by atoms with Crippen LogP contribution in [0.3, 0.4) is 0 Å². The SMILES string of the molecule is O=C(O)c1cc(S(=O)(=O)COCC2CC2)ccc1Br. The Labute approximate surface area is 119 Å². The first-order chi connectivity index (χ1) is 8.90. The number of ether oxygens (including phenoxy) is 1. The number of aromatic carboxylic acids is 1. The summed E-state index contributed by atoms with van der Waals surface area (Å²) in [6.07, 6.45) is 2.17. The second-order valence-electron chi connectivity index (χ2n) is 4.49. The molecular formula is C12H13BrO5S. The lowest BCUT2D eigenvalue weighted by molar-refractivity contribution is 0.0695. The van der Waals surface area contributed by atoms with Crippen molar-refractivity contribution >= 4 is 31.7 Å². The first kappa shape index (κ1) is 14.5. The van der Waals surface area contributed by atoms with Crippen molar-refractivity contribution in [3.05, 3.63) is 28.2 Å². The van der Waals surface area contributed by atoms with Gasteiger partial charge in [0.25, 0.3) is 0 Å². The van der Waals surface area contributed by atoms with Gasteiger partial charge in [-0.1, -0.05) is 0 Å². The molecule has 1 aromatic carbocycles. The van der Waals surface area contributed by atoms with Crippen LogP contribution in [0.5, 0.6) is 0 Å². The average Bonchev–Trinajstić information content (AvgIpc) is 3.12. The fraction of sp³-hybridized carbons (Fsp3) is 0.417. The van der Waals surface area contributed by atoms with Gasteiger partial charge < -0.3 is 9.84 Å². The molecule has 0 spiro atoms. The topological polar surface area (TPSA) is 80.7 Å². The summed E-state index contributed by atoms with van der Waals surface area (Å²) in [6, 6.07) is 3.92. The molecule has 1 aliphatic rings. The summed E-state index contributed by atoms with van der Waals surface area (Å²) < 4.78 is 29.5. The van der Waals surface area contributed by atoms with Gasteiger partial charge in [0.2, 0.25) is 9.84 Å². The van der Waals surface area contributed by atoms with Gasteiger partial charge in [0.05, 0.1) is 17.1 Å². The number of carboxylic acid groups (broad SMARTS) is 1. The largest absolute Gasteiger partial charge is 0.478 e. The highest BCUT2D eigenvalue weighted by Gasteiger charge is 2.23. The Kier molecular flexibility index (Phi) is 4.27. The second kappa shape index (κ2) is 5.60. The molecule has 104 valence electrons. The van der Waals surface area contributed by atoms with Crippen LogP contribution in [0, 0.1) is 5.92 Å². The normalized spacial score (nSPS) is 15.4. The van der Waals surface area contributed by atoms with E-state index in [1.54, 1.807) is 0 Å². The smallest absolute Gasteiger partial charge is 0.336 e. The predicted molar refractivity (Wildman–Crippen MR) is 71.8 cm³/mol. The summed E-state index contributed by atoms with van der Waals surface area (Å²) in [7, 11) is -3.61. The lowest BCUT2D eigenvalue weighted by Gasteiger charge is -2.07. The summed E-state index contributed by atoms with van der Waals surface area (Å²) in [5.74, 6) is -1.11. The molecule has 1 aromatic rings. The Morgan fingerprint density at radius 2 is 2.11 bits per heavy atom. The van der Waals surface area contributed by atoms with Crippen LogP contribution in [0.2, 0.25) is 0 Å². The maximum Gasteiger partial charge on any atom is 0.336 e. The van der Waals surface area contributed by atoms with E-state index in [9.17, 15) is 13.2 Å². The number of carboxylic acids is 1. The number of halogens is 1. The molecule has 0 amide bonds. The Morgan fingerprint density at radius 3 is 2.68 bits per heavy atom. The van der Waals surface area contributed by atoms with E-state index in [2.05, 4.69) is 15.9 Å². The standard InChI is InChI=1S/C12H13BrO5S/c13-11-4-3-9(5-10(11)12(14)15)19(16,17)7-18-6-8-1-2-8/h3-5,8H,1-2,6-7H2,(H,14,15). The van der Waals surface area contributed by atoms with E-state index in [0.29, 0.717) is 17.0 Å². The van der Waals surface area contributed by atoms with E-state index in [1.165, 1.54) is 12.1 Å². The molecule has 1 aliphatic carbocycles. The lowest BCUT2D eigenvalue weighted by atomic mass is 10.2. The van der Waals surface area contributed by atoms with Crippen molar-refractivity contribution in [1.29, 1.82) is 0 Å². The van der Waals surface area contributed by atoms with Crippen molar-refractivity contribution in [3.8, 4) is 0 Å². The molecule has 0 bridgehead atoms. The molecule has 7 heteroatoms. The highest BCUT2D eigenvalue weighted by Crippen LogP contribution is 2.29. The van der Waals surface area contributed by atoms with E-state index < -0.39 is 21.7 Å². The number of hydrogen-bond acceptors (Lipinski definition) is 4. The summed E-state index contributed by atoms with van der Waals surface area (Å²) in [4.78, 5) is 10.9. The molecule has 0 radical (unpaired) electrons. The molecule has 5 nitrogen and oxygen atoms in total. The minimum absolute atomic E-state index is 0.0381. The number of hydrogen-bond donors (Lipinski definition) is 1. The van der Waals surface area contributed by atoms with E-state index >= 15 is 0 Å². The van der Waals surface area contributed by atoms with Crippen LogP contribution in [0.4, 0.5) is 0 Å². The zero-order valence-electron chi connectivity index (χ0n) is 10.0.